The second-order valence-electron chi connectivity index (χ2n) is 6.18. The number of ether oxygens (including phenoxy) is 3. The molecule has 1 aliphatic rings. The van der Waals surface area contributed by atoms with E-state index in [1.165, 1.54) is 0 Å². The Labute approximate surface area is 147 Å². The molecule has 7 heteroatoms. The molecule has 1 fully saturated rings. The average molecular weight is 347 g/mol. The number of benzene rings is 1. The van der Waals surface area contributed by atoms with Gasteiger partial charge in [0.15, 0.2) is 0 Å². The van der Waals surface area contributed by atoms with Crippen molar-refractivity contribution in [3.05, 3.63) is 23.8 Å². The van der Waals surface area contributed by atoms with Crippen LogP contribution in [-0.4, -0.2) is 67.4 Å². The molecule has 1 saturated heterocycles. The van der Waals surface area contributed by atoms with Crippen LogP contribution in [0.5, 0.6) is 6.01 Å². The lowest BCUT2D eigenvalue weighted by molar-refractivity contribution is 0.0515. The summed E-state index contributed by atoms with van der Waals surface area (Å²) in [6, 6.07) is 6.00. The van der Waals surface area contributed by atoms with Crippen LogP contribution in [0, 0.1) is 5.92 Å². The fourth-order valence-corrected chi connectivity index (χ4v) is 3.05. The van der Waals surface area contributed by atoms with E-state index < -0.39 is 0 Å². The SMILES string of the molecule is CCOc1nc2ccc(C(=O)N3CCC(COCCOC)C3)cc2[nH]1. The predicted octanol–water partition coefficient (Wildman–Crippen LogP) is 2.09. The van der Waals surface area contributed by atoms with Crippen LogP contribution in [0.4, 0.5) is 0 Å². The molecular formula is C18H25N3O4. The zero-order valence-electron chi connectivity index (χ0n) is 14.8. The maximum atomic E-state index is 12.7. The molecule has 0 saturated carbocycles. The van der Waals surface area contributed by atoms with E-state index in [9.17, 15) is 4.79 Å². The molecular weight excluding hydrogens is 322 g/mol. The van der Waals surface area contributed by atoms with E-state index in [1.807, 2.05) is 30.0 Å². The molecule has 136 valence electrons. The number of imidazole rings is 1. The summed E-state index contributed by atoms with van der Waals surface area (Å²) >= 11 is 0. The molecule has 0 radical (unpaired) electrons. The summed E-state index contributed by atoms with van der Waals surface area (Å²) in [5.41, 5.74) is 2.28. The van der Waals surface area contributed by atoms with Crippen LogP contribution in [0.15, 0.2) is 18.2 Å². The molecule has 3 rings (SSSR count). The summed E-state index contributed by atoms with van der Waals surface area (Å²) in [6.07, 6.45) is 0.972. The molecule has 1 aromatic heterocycles. The topological polar surface area (TPSA) is 76.7 Å². The van der Waals surface area contributed by atoms with Gasteiger partial charge in [-0.15, -0.1) is 0 Å². The van der Waals surface area contributed by atoms with E-state index in [0.717, 1.165) is 30.5 Å². The lowest BCUT2D eigenvalue weighted by Gasteiger charge is -2.16. The first-order valence-electron chi connectivity index (χ1n) is 8.69. The molecule has 1 atom stereocenters. The number of amides is 1. The third-order valence-corrected chi connectivity index (χ3v) is 4.35. The molecule has 2 heterocycles. The summed E-state index contributed by atoms with van der Waals surface area (Å²) in [4.78, 5) is 22.1. The molecule has 0 spiro atoms. The minimum Gasteiger partial charge on any atom is -0.465 e. The van der Waals surface area contributed by atoms with Crippen LogP contribution in [0.1, 0.15) is 23.7 Å². The number of H-pyrrole nitrogens is 1. The van der Waals surface area contributed by atoms with Crippen LogP contribution in [0.2, 0.25) is 0 Å². The third kappa shape index (κ3) is 4.29. The van der Waals surface area contributed by atoms with Crippen molar-refractivity contribution in [3.8, 4) is 6.01 Å². The van der Waals surface area contributed by atoms with Crippen molar-refractivity contribution in [1.82, 2.24) is 14.9 Å². The number of rotatable bonds is 8. The van der Waals surface area contributed by atoms with E-state index >= 15 is 0 Å². The first-order chi connectivity index (χ1) is 12.2. The van der Waals surface area contributed by atoms with Crippen molar-refractivity contribution < 1.29 is 19.0 Å². The number of methoxy groups -OCH3 is 1. The van der Waals surface area contributed by atoms with Crippen LogP contribution >= 0.6 is 0 Å². The summed E-state index contributed by atoms with van der Waals surface area (Å²) in [6.45, 7) is 5.82. The highest BCUT2D eigenvalue weighted by Crippen LogP contribution is 2.22. The van der Waals surface area contributed by atoms with Crippen molar-refractivity contribution in [2.24, 2.45) is 5.92 Å². The average Bonchev–Trinajstić information content (AvgIpc) is 3.24. The summed E-state index contributed by atoms with van der Waals surface area (Å²) in [7, 11) is 1.66. The molecule has 2 aromatic rings. The number of likely N-dealkylation sites (tertiary alicyclic amines) is 1. The van der Waals surface area contributed by atoms with Crippen molar-refractivity contribution >= 4 is 16.9 Å². The Hall–Kier alpha value is -2.12. The first-order valence-corrected chi connectivity index (χ1v) is 8.69. The van der Waals surface area contributed by atoms with Crippen molar-refractivity contribution in [2.75, 3.05) is 46.6 Å². The monoisotopic (exact) mass is 347 g/mol. The Morgan fingerprint density at radius 2 is 2.28 bits per heavy atom. The van der Waals surface area contributed by atoms with Gasteiger partial charge < -0.3 is 24.1 Å². The Bertz CT molecular complexity index is 715. The van der Waals surface area contributed by atoms with Gasteiger partial charge in [0.2, 0.25) is 0 Å². The lowest BCUT2D eigenvalue weighted by atomic mass is 10.1. The van der Waals surface area contributed by atoms with Crippen molar-refractivity contribution in [2.45, 2.75) is 13.3 Å². The quantitative estimate of drug-likeness (QED) is 0.740. The number of carbonyl (C=O) groups is 1. The fraction of sp³-hybridized carbons (Fsp3) is 0.556. The smallest absolute Gasteiger partial charge is 0.294 e. The van der Waals surface area contributed by atoms with Gasteiger partial charge in [0, 0.05) is 31.7 Å². The van der Waals surface area contributed by atoms with Gasteiger partial charge in [-0.05, 0) is 31.5 Å². The molecule has 1 amide bonds. The van der Waals surface area contributed by atoms with Gasteiger partial charge in [-0.3, -0.25) is 4.79 Å². The van der Waals surface area contributed by atoms with Crippen LogP contribution in [-0.2, 0) is 9.47 Å². The number of carbonyl (C=O) groups excluding carboxylic acids is 1. The van der Waals surface area contributed by atoms with Crippen molar-refractivity contribution in [3.63, 3.8) is 0 Å². The Balaban J connectivity index is 1.60. The first kappa shape index (κ1) is 17.7. The number of hydrogen-bond acceptors (Lipinski definition) is 5. The zero-order valence-corrected chi connectivity index (χ0v) is 14.8. The summed E-state index contributed by atoms with van der Waals surface area (Å²) in [5.74, 6) is 0.440. The van der Waals surface area contributed by atoms with E-state index in [1.54, 1.807) is 7.11 Å². The van der Waals surface area contributed by atoms with Gasteiger partial charge in [-0.2, -0.15) is 4.98 Å². The molecule has 25 heavy (non-hydrogen) atoms. The number of nitrogens with zero attached hydrogens (tertiary/aromatic N) is 2. The molecule has 1 aliphatic heterocycles. The number of nitrogens with one attached hydrogen (secondary N) is 1. The summed E-state index contributed by atoms with van der Waals surface area (Å²) in [5, 5.41) is 0. The van der Waals surface area contributed by atoms with E-state index in [-0.39, 0.29) is 5.91 Å². The predicted molar refractivity (Wildman–Crippen MR) is 94.0 cm³/mol. The lowest BCUT2D eigenvalue weighted by Crippen LogP contribution is -2.29. The van der Waals surface area contributed by atoms with E-state index in [4.69, 9.17) is 14.2 Å². The normalized spacial score (nSPS) is 17.4. The van der Waals surface area contributed by atoms with Gasteiger partial charge in [-0.1, -0.05) is 0 Å². The maximum absolute atomic E-state index is 12.7. The standard InChI is InChI=1S/C18H25N3O4/c1-3-25-18-19-15-5-4-14(10-16(15)20-18)17(22)21-7-6-13(11-21)12-24-9-8-23-2/h4-5,10,13H,3,6-9,11-12H2,1-2H3,(H,19,20). The molecule has 0 bridgehead atoms. The number of aromatic nitrogens is 2. The van der Waals surface area contributed by atoms with E-state index in [0.29, 0.717) is 43.9 Å². The number of aromatic amines is 1. The third-order valence-electron chi connectivity index (χ3n) is 4.35. The molecule has 7 nitrogen and oxygen atoms in total. The number of fused-ring (bicyclic) bond motifs is 1. The highest BCUT2D eigenvalue weighted by Gasteiger charge is 2.27. The minimum atomic E-state index is 0.0499. The van der Waals surface area contributed by atoms with Gasteiger partial charge in [0.05, 0.1) is 37.5 Å². The second-order valence-corrected chi connectivity index (χ2v) is 6.18. The van der Waals surface area contributed by atoms with Gasteiger partial charge in [-0.25, -0.2) is 0 Å². The van der Waals surface area contributed by atoms with E-state index in [2.05, 4.69) is 9.97 Å². The Morgan fingerprint density at radius 3 is 3.08 bits per heavy atom. The van der Waals surface area contributed by atoms with Gasteiger partial charge >= 0.3 is 0 Å². The minimum absolute atomic E-state index is 0.0499. The Kier molecular flexibility index (Phi) is 5.88. The Morgan fingerprint density at radius 1 is 1.40 bits per heavy atom. The molecule has 0 aliphatic carbocycles. The largest absolute Gasteiger partial charge is 0.465 e. The molecule has 1 aromatic carbocycles. The van der Waals surface area contributed by atoms with Gasteiger partial charge in [0.1, 0.15) is 0 Å². The van der Waals surface area contributed by atoms with Crippen LogP contribution in [0.3, 0.4) is 0 Å². The summed E-state index contributed by atoms with van der Waals surface area (Å²) < 4.78 is 15.9. The van der Waals surface area contributed by atoms with Crippen LogP contribution in [0.25, 0.3) is 11.0 Å². The molecule has 1 unspecified atom stereocenters. The molecule has 1 N–H and O–H groups in total. The van der Waals surface area contributed by atoms with Gasteiger partial charge in [0.25, 0.3) is 11.9 Å². The fourth-order valence-electron chi connectivity index (χ4n) is 3.05. The highest BCUT2D eigenvalue weighted by molar-refractivity contribution is 5.97. The maximum Gasteiger partial charge on any atom is 0.294 e. The number of hydrogen-bond donors (Lipinski definition) is 1. The van der Waals surface area contributed by atoms with Crippen molar-refractivity contribution in [1.29, 1.82) is 0 Å². The van der Waals surface area contributed by atoms with Crippen LogP contribution < -0.4 is 4.74 Å². The second kappa shape index (κ2) is 8.31. The zero-order chi connectivity index (χ0) is 17.6. The highest BCUT2D eigenvalue weighted by atomic mass is 16.5.